The molecule has 0 fully saturated rings. The van der Waals surface area contributed by atoms with Gasteiger partial charge in [-0.1, -0.05) is 20.8 Å². The van der Waals surface area contributed by atoms with Crippen molar-refractivity contribution in [2.24, 2.45) is 12.0 Å². The predicted octanol–water partition coefficient (Wildman–Crippen LogP) is 5.38. The molecule has 202 valence electrons. The van der Waals surface area contributed by atoms with Crippen molar-refractivity contribution in [1.29, 1.82) is 0 Å². The van der Waals surface area contributed by atoms with Gasteiger partial charge in [-0.2, -0.15) is 31.3 Å². The number of ether oxygens (including phenoxy) is 1. The van der Waals surface area contributed by atoms with Gasteiger partial charge in [0, 0.05) is 37.2 Å². The minimum absolute atomic E-state index is 0.000416. The van der Waals surface area contributed by atoms with E-state index in [1.165, 1.54) is 24.6 Å². The third kappa shape index (κ3) is 8.14. The highest BCUT2D eigenvalue weighted by atomic mass is 19.4. The van der Waals surface area contributed by atoms with Gasteiger partial charge in [-0.25, -0.2) is 0 Å². The Labute approximate surface area is 205 Å². The second kappa shape index (κ2) is 10.3. The lowest BCUT2D eigenvalue weighted by Gasteiger charge is -2.21. The number of aliphatic hydroxyl groups is 1. The first-order valence-corrected chi connectivity index (χ1v) is 11.2. The minimum atomic E-state index is -4.74. The van der Waals surface area contributed by atoms with Gasteiger partial charge in [0.2, 0.25) is 0 Å². The highest BCUT2D eigenvalue weighted by Gasteiger charge is 2.32. The predicted molar refractivity (Wildman–Crippen MR) is 121 cm³/mol. The molecule has 1 heterocycles. The topological polar surface area (TPSA) is 68.8 Å². The zero-order valence-corrected chi connectivity index (χ0v) is 21.0. The molecule has 2 aromatic rings. The van der Waals surface area contributed by atoms with Gasteiger partial charge in [0.05, 0.1) is 16.7 Å². The van der Waals surface area contributed by atoms with E-state index in [2.05, 4.69) is 4.99 Å². The van der Waals surface area contributed by atoms with Crippen LogP contribution in [-0.4, -0.2) is 38.8 Å². The summed E-state index contributed by atoms with van der Waals surface area (Å²) in [6, 6.07) is 3.85. The van der Waals surface area contributed by atoms with Crippen molar-refractivity contribution in [1.82, 2.24) is 9.36 Å². The van der Waals surface area contributed by atoms with E-state index in [9.17, 15) is 36.2 Å². The van der Waals surface area contributed by atoms with Crippen LogP contribution >= 0.6 is 0 Å². The van der Waals surface area contributed by atoms with Crippen molar-refractivity contribution in [3.8, 4) is 5.75 Å². The molecule has 0 aliphatic heterocycles. The van der Waals surface area contributed by atoms with Crippen molar-refractivity contribution in [2.45, 2.75) is 77.4 Å². The fourth-order valence-corrected chi connectivity index (χ4v) is 3.48. The molecule has 0 atom stereocenters. The summed E-state index contributed by atoms with van der Waals surface area (Å²) in [5.74, 6) is -1.28. The number of carbonyl (C=O) groups is 1. The van der Waals surface area contributed by atoms with Crippen molar-refractivity contribution in [3.63, 3.8) is 0 Å². The molecule has 1 amide bonds. The first-order valence-electron chi connectivity index (χ1n) is 11.2. The molecule has 0 aliphatic rings. The smallest absolute Gasteiger partial charge is 0.416 e. The summed E-state index contributed by atoms with van der Waals surface area (Å²) in [4.78, 5) is 17.1. The number of nitrogens with zero attached hydrogens (tertiary/aromatic N) is 3. The molecule has 6 nitrogen and oxygen atoms in total. The number of halogens is 6. The molecule has 0 aliphatic carbocycles. The molecule has 36 heavy (non-hydrogen) atoms. The normalized spacial score (nSPS) is 13.9. The molecule has 1 N–H and O–H groups in total. The standard InChI is InChI=1S/C24H31F6N3O3/c1-21(2,3)18-13-19(33(32(18)6)11-7-10-23(25,26)27)31-20(34)16-12-15(24(28,29)30)8-9-17(16)36-14-22(4,5)35/h8-9,12-13,35H,7,10-11,14H2,1-6H3. The van der Waals surface area contributed by atoms with Crippen LogP contribution in [0.3, 0.4) is 0 Å². The van der Waals surface area contributed by atoms with Gasteiger partial charge in [0.1, 0.15) is 12.4 Å². The number of hydrogen-bond acceptors (Lipinski definition) is 3. The van der Waals surface area contributed by atoms with Crippen LogP contribution in [0, 0.1) is 0 Å². The quantitative estimate of drug-likeness (QED) is 0.496. The summed E-state index contributed by atoms with van der Waals surface area (Å²) in [5, 5.41) is 9.91. The maximum atomic E-state index is 13.3. The maximum Gasteiger partial charge on any atom is 0.416 e. The summed E-state index contributed by atoms with van der Waals surface area (Å²) < 4.78 is 86.5. The molecule has 0 unspecified atom stereocenters. The van der Waals surface area contributed by atoms with Crippen LogP contribution in [0.25, 0.3) is 0 Å². The van der Waals surface area contributed by atoms with E-state index in [0.717, 1.165) is 12.1 Å². The number of carbonyl (C=O) groups excluding carboxylic acids is 1. The van der Waals surface area contributed by atoms with Crippen molar-refractivity contribution in [3.05, 3.63) is 46.6 Å². The van der Waals surface area contributed by atoms with Crippen LogP contribution in [0.2, 0.25) is 0 Å². The lowest BCUT2D eigenvalue weighted by Crippen LogP contribution is -2.28. The van der Waals surface area contributed by atoms with Crippen LogP contribution in [-0.2, 0) is 25.2 Å². The Kier molecular flexibility index (Phi) is 8.44. The molecular weight excluding hydrogens is 492 g/mol. The second-order valence-electron chi connectivity index (χ2n) is 10.2. The summed E-state index contributed by atoms with van der Waals surface area (Å²) in [6.07, 6.45) is -10.4. The second-order valence-corrected chi connectivity index (χ2v) is 10.2. The van der Waals surface area contributed by atoms with Gasteiger partial charge in [-0.3, -0.25) is 14.2 Å². The Morgan fingerprint density at radius 1 is 1.03 bits per heavy atom. The first kappa shape index (κ1) is 29.5. The summed E-state index contributed by atoms with van der Waals surface area (Å²) in [6.45, 7) is 8.00. The van der Waals surface area contributed by atoms with Crippen LogP contribution in [0.1, 0.15) is 69.1 Å². The molecule has 0 bridgehead atoms. The molecule has 0 radical (unpaired) electrons. The van der Waals surface area contributed by atoms with Crippen LogP contribution in [0.15, 0.2) is 29.3 Å². The van der Waals surface area contributed by atoms with Crippen molar-refractivity contribution < 1.29 is 41.0 Å². The van der Waals surface area contributed by atoms with Gasteiger partial charge in [0.25, 0.3) is 5.91 Å². The molecule has 2 rings (SSSR count). The molecular formula is C24H31F6N3O3. The number of rotatable bonds is 7. The average molecular weight is 524 g/mol. The number of benzene rings is 1. The molecule has 0 spiro atoms. The fraction of sp³-hybridized carbons (Fsp3) is 0.583. The number of alkyl halides is 6. The lowest BCUT2D eigenvalue weighted by atomic mass is 9.92. The van der Waals surface area contributed by atoms with E-state index in [-0.39, 0.29) is 30.8 Å². The number of amides is 1. The van der Waals surface area contributed by atoms with E-state index < -0.39 is 46.8 Å². The van der Waals surface area contributed by atoms with Crippen molar-refractivity contribution in [2.75, 3.05) is 6.61 Å². The Hall–Kier alpha value is -2.76. The Morgan fingerprint density at radius 2 is 1.64 bits per heavy atom. The van der Waals surface area contributed by atoms with Gasteiger partial charge in [-0.15, -0.1) is 0 Å². The van der Waals surface area contributed by atoms with Gasteiger partial charge in [0.15, 0.2) is 5.49 Å². The lowest BCUT2D eigenvalue weighted by molar-refractivity contribution is -0.138. The Balaban J connectivity index is 2.61. The highest BCUT2D eigenvalue weighted by Crippen LogP contribution is 2.33. The summed E-state index contributed by atoms with van der Waals surface area (Å²) >= 11 is 0. The first-order chi connectivity index (χ1) is 16.2. The van der Waals surface area contributed by atoms with Crippen molar-refractivity contribution >= 4 is 5.91 Å². The highest BCUT2D eigenvalue weighted by molar-refractivity contribution is 5.97. The fourth-order valence-electron chi connectivity index (χ4n) is 3.48. The SMILES string of the molecule is Cn1c(C(C)(C)C)cc(=NC(=O)c2cc(C(F)(F)F)ccc2OCC(C)(C)O)n1CCCC(F)(F)F. The molecule has 0 saturated carbocycles. The van der Waals surface area contributed by atoms with Crippen LogP contribution < -0.4 is 10.2 Å². The zero-order chi connectivity index (χ0) is 27.7. The zero-order valence-electron chi connectivity index (χ0n) is 21.0. The minimum Gasteiger partial charge on any atom is -0.490 e. The maximum absolute atomic E-state index is 13.3. The van der Waals surface area contributed by atoms with E-state index >= 15 is 0 Å². The molecule has 0 saturated heterocycles. The van der Waals surface area contributed by atoms with E-state index in [1.54, 1.807) is 11.7 Å². The molecule has 12 heteroatoms. The summed E-state index contributed by atoms with van der Waals surface area (Å²) in [5.41, 5.74) is -2.73. The number of hydrogen-bond donors (Lipinski definition) is 1. The third-order valence-corrected chi connectivity index (χ3v) is 5.17. The molecule has 1 aromatic carbocycles. The average Bonchev–Trinajstić information content (AvgIpc) is 3.00. The monoisotopic (exact) mass is 523 g/mol. The van der Waals surface area contributed by atoms with Gasteiger partial charge >= 0.3 is 12.4 Å². The molecule has 1 aromatic heterocycles. The van der Waals surface area contributed by atoms with Gasteiger partial charge in [-0.05, 0) is 38.5 Å². The summed E-state index contributed by atoms with van der Waals surface area (Å²) in [7, 11) is 1.61. The van der Waals surface area contributed by atoms with Crippen LogP contribution in [0.4, 0.5) is 26.3 Å². The van der Waals surface area contributed by atoms with E-state index in [4.69, 9.17) is 4.74 Å². The third-order valence-electron chi connectivity index (χ3n) is 5.17. The largest absolute Gasteiger partial charge is 0.490 e. The van der Waals surface area contributed by atoms with E-state index in [0.29, 0.717) is 11.8 Å². The van der Waals surface area contributed by atoms with E-state index in [1.807, 2.05) is 20.8 Å². The van der Waals surface area contributed by atoms with Gasteiger partial charge < -0.3 is 9.84 Å². The van der Waals surface area contributed by atoms with Crippen LogP contribution in [0.5, 0.6) is 5.75 Å². The Bertz CT molecular complexity index is 1150. The number of aromatic nitrogens is 2. The Morgan fingerprint density at radius 3 is 2.14 bits per heavy atom.